The summed E-state index contributed by atoms with van der Waals surface area (Å²) in [5.74, 6) is 1.62. The van der Waals surface area contributed by atoms with Gasteiger partial charge in [0.1, 0.15) is 5.75 Å². The molecule has 1 saturated carbocycles. The molecule has 0 unspecified atom stereocenters. The Labute approximate surface area is 133 Å². The van der Waals surface area contributed by atoms with Crippen LogP contribution >= 0.6 is 0 Å². The van der Waals surface area contributed by atoms with Crippen molar-refractivity contribution in [3.63, 3.8) is 0 Å². The molecule has 0 aliphatic heterocycles. The molecule has 0 aromatic heterocycles. The van der Waals surface area contributed by atoms with E-state index in [0.717, 1.165) is 12.3 Å². The van der Waals surface area contributed by atoms with Gasteiger partial charge < -0.3 is 10.1 Å². The molecule has 2 nitrogen and oxygen atoms in total. The van der Waals surface area contributed by atoms with Crippen LogP contribution in [0, 0.1) is 0 Å². The third-order valence-electron chi connectivity index (χ3n) is 4.70. The molecule has 2 aromatic carbocycles. The highest BCUT2D eigenvalue weighted by atomic mass is 16.5. The molecule has 22 heavy (non-hydrogen) atoms. The molecule has 0 heterocycles. The number of nitrogens with one attached hydrogen (secondary N) is 1. The summed E-state index contributed by atoms with van der Waals surface area (Å²) in [5, 5.41) is 3.74. The van der Waals surface area contributed by atoms with E-state index in [0.29, 0.717) is 12.0 Å². The second-order valence-corrected chi connectivity index (χ2v) is 6.20. The Morgan fingerprint density at radius 1 is 1.00 bits per heavy atom. The molecule has 116 valence electrons. The Balaban J connectivity index is 1.56. The molecular weight excluding hydrogens is 270 g/mol. The highest BCUT2D eigenvalue weighted by Gasteiger charge is 2.22. The number of methoxy groups -OCH3 is 1. The summed E-state index contributed by atoms with van der Waals surface area (Å²) in [5.41, 5.74) is 2.82. The minimum Gasteiger partial charge on any atom is -0.497 e. The van der Waals surface area contributed by atoms with Crippen molar-refractivity contribution in [1.82, 2.24) is 5.32 Å². The molecule has 2 heteroatoms. The van der Waals surface area contributed by atoms with E-state index >= 15 is 0 Å². The maximum Gasteiger partial charge on any atom is 0.118 e. The molecule has 0 amide bonds. The van der Waals surface area contributed by atoms with E-state index in [1.165, 1.54) is 36.8 Å². The van der Waals surface area contributed by atoms with E-state index in [2.05, 4.69) is 59.9 Å². The lowest BCUT2D eigenvalue weighted by atomic mass is 9.81. The maximum atomic E-state index is 5.25. The van der Waals surface area contributed by atoms with Crippen LogP contribution in [0.4, 0.5) is 0 Å². The van der Waals surface area contributed by atoms with E-state index in [1.54, 1.807) is 7.11 Å². The van der Waals surface area contributed by atoms with Crippen molar-refractivity contribution in [2.45, 2.75) is 44.2 Å². The summed E-state index contributed by atoms with van der Waals surface area (Å²) in [6.07, 6.45) is 5.14. The molecule has 0 radical (unpaired) electrons. The predicted molar refractivity (Wildman–Crippen MR) is 91.3 cm³/mol. The number of hydrogen-bond acceptors (Lipinski definition) is 2. The Bertz CT molecular complexity index is 564. The first kappa shape index (κ1) is 15.1. The molecule has 2 atom stereocenters. The third-order valence-corrected chi connectivity index (χ3v) is 4.70. The highest BCUT2D eigenvalue weighted by Crippen LogP contribution is 2.33. The Morgan fingerprint density at radius 2 is 1.77 bits per heavy atom. The zero-order valence-electron chi connectivity index (χ0n) is 13.3. The van der Waals surface area contributed by atoms with Gasteiger partial charge in [-0.05, 0) is 48.4 Å². The summed E-state index contributed by atoms with van der Waals surface area (Å²) >= 11 is 0. The van der Waals surface area contributed by atoms with Gasteiger partial charge in [0.2, 0.25) is 0 Å². The van der Waals surface area contributed by atoms with Gasteiger partial charge in [-0.15, -0.1) is 0 Å². The van der Waals surface area contributed by atoms with Gasteiger partial charge in [0.05, 0.1) is 7.11 Å². The minimum absolute atomic E-state index is 0.626. The summed E-state index contributed by atoms with van der Waals surface area (Å²) in [6, 6.07) is 19.9. The number of hydrogen-bond donors (Lipinski definition) is 1. The van der Waals surface area contributed by atoms with E-state index in [9.17, 15) is 0 Å². The molecule has 1 aliphatic carbocycles. The number of benzene rings is 2. The quantitative estimate of drug-likeness (QED) is 0.876. The lowest BCUT2D eigenvalue weighted by molar-refractivity contribution is 0.338. The average molecular weight is 295 g/mol. The largest absolute Gasteiger partial charge is 0.497 e. The van der Waals surface area contributed by atoms with Gasteiger partial charge in [-0.3, -0.25) is 0 Å². The van der Waals surface area contributed by atoms with E-state index in [1.807, 2.05) is 0 Å². The SMILES string of the molecule is COc1ccc([C@H]2CCC[C@H](NCc3ccccc3)C2)cc1. The summed E-state index contributed by atoms with van der Waals surface area (Å²) in [7, 11) is 1.72. The van der Waals surface area contributed by atoms with Crippen LogP contribution in [0.1, 0.15) is 42.7 Å². The molecule has 3 rings (SSSR count). The van der Waals surface area contributed by atoms with Crippen LogP contribution < -0.4 is 10.1 Å². The van der Waals surface area contributed by atoms with E-state index < -0.39 is 0 Å². The van der Waals surface area contributed by atoms with Gasteiger partial charge in [0.15, 0.2) is 0 Å². The first-order valence-electron chi connectivity index (χ1n) is 8.26. The van der Waals surface area contributed by atoms with Crippen molar-refractivity contribution in [1.29, 1.82) is 0 Å². The van der Waals surface area contributed by atoms with Gasteiger partial charge in [-0.25, -0.2) is 0 Å². The van der Waals surface area contributed by atoms with Crippen molar-refractivity contribution >= 4 is 0 Å². The monoisotopic (exact) mass is 295 g/mol. The van der Waals surface area contributed by atoms with Crippen LogP contribution in [0.3, 0.4) is 0 Å². The molecule has 1 fully saturated rings. The first-order valence-corrected chi connectivity index (χ1v) is 8.26. The molecule has 1 N–H and O–H groups in total. The van der Waals surface area contributed by atoms with Gasteiger partial charge in [0, 0.05) is 12.6 Å². The van der Waals surface area contributed by atoms with Crippen LogP contribution in [-0.4, -0.2) is 13.2 Å². The molecule has 0 saturated heterocycles. The van der Waals surface area contributed by atoms with Crippen molar-refractivity contribution in [3.8, 4) is 5.75 Å². The third kappa shape index (κ3) is 3.89. The smallest absolute Gasteiger partial charge is 0.118 e. The second-order valence-electron chi connectivity index (χ2n) is 6.20. The standard InChI is InChI=1S/C20H25NO/c1-22-20-12-10-17(11-13-20)18-8-5-9-19(14-18)21-15-16-6-3-2-4-7-16/h2-4,6-7,10-13,18-19,21H,5,8-9,14-15H2,1H3/t18-,19-/m0/s1. The predicted octanol–water partition coefficient (Wildman–Crippen LogP) is 4.51. The fraction of sp³-hybridized carbons (Fsp3) is 0.400. The van der Waals surface area contributed by atoms with Gasteiger partial charge in [-0.1, -0.05) is 48.9 Å². The van der Waals surface area contributed by atoms with E-state index in [-0.39, 0.29) is 0 Å². The Hall–Kier alpha value is -1.80. The Kier molecular flexibility index (Phi) is 5.12. The number of ether oxygens (including phenoxy) is 1. The van der Waals surface area contributed by atoms with Crippen LogP contribution in [0.5, 0.6) is 5.75 Å². The van der Waals surface area contributed by atoms with Gasteiger partial charge in [0.25, 0.3) is 0 Å². The van der Waals surface area contributed by atoms with Crippen LogP contribution in [0.15, 0.2) is 54.6 Å². The van der Waals surface area contributed by atoms with Crippen LogP contribution in [0.25, 0.3) is 0 Å². The molecule has 1 aliphatic rings. The van der Waals surface area contributed by atoms with Crippen molar-refractivity contribution in [2.24, 2.45) is 0 Å². The van der Waals surface area contributed by atoms with Crippen molar-refractivity contribution in [3.05, 3.63) is 65.7 Å². The maximum absolute atomic E-state index is 5.25. The normalized spacial score (nSPS) is 21.5. The summed E-state index contributed by atoms with van der Waals surface area (Å²) < 4.78 is 5.25. The number of rotatable bonds is 5. The fourth-order valence-corrected chi connectivity index (χ4v) is 3.41. The fourth-order valence-electron chi connectivity index (χ4n) is 3.41. The first-order chi connectivity index (χ1) is 10.8. The molecule has 0 spiro atoms. The topological polar surface area (TPSA) is 21.3 Å². The zero-order chi connectivity index (χ0) is 15.2. The Morgan fingerprint density at radius 3 is 2.50 bits per heavy atom. The lowest BCUT2D eigenvalue weighted by Crippen LogP contribution is -2.33. The zero-order valence-corrected chi connectivity index (χ0v) is 13.3. The average Bonchev–Trinajstić information content (AvgIpc) is 2.61. The highest BCUT2D eigenvalue weighted by molar-refractivity contribution is 5.29. The van der Waals surface area contributed by atoms with Crippen molar-refractivity contribution in [2.75, 3.05) is 7.11 Å². The van der Waals surface area contributed by atoms with Gasteiger partial charge >= 0.3 is 0 Å². The second kappa shape index (κ2) is 7.46. The molecule has 0 bridgehead atoms. The molecular formula is C20H25NO. The van der Waals surface area contributed by atoms with Gasteiger partial charge in [-0.2, -0.15) is 0 Å². The lowest BCUT2D eigenvalue weighted by Gasteiger charge is -2.30. The van der Waals surface area contributed by atoms with Crippen molar-refractivity contribution < 1.29 is 4.74 Å². The molecule has 2 aromatic rings. The summed E-state index contributed by atoms with van der Waals surface area (Å²) in [4.78, 5) is 0. The van der Waals surface area contributed by atoms with Crippen LogP contribution in [-0.2, 0) is 6.54 Å². The summed E-state index contributed by atoms with van der Waals surface area (Å²) in [6.45, 7) is 0.973. The van der Waals surface area contributed by atoms with Crippen LogP contribution in [0.2, 0.25) is 0 Å². The minimum atomic E-state index is 0.626. The van der Waals surface area contributed by atoms with E-state index in [4.69, 9.17) is 4.74 Å².